The number of aryl methyl sites for hydroxylation is 2. The maximum absolute atomic E-state index is 2.29. The Labute approximate surface area is 261 Å². The summed E-state index contributed by atoms with van der Waals surface area (Å²) in [6.07, 6.45) is 8.48. The molecule has 0 heterocycles. The van der Waals surface area contributed by atoms with Crippen molar-refractivity contribution in [2.75, 3.05) is 9.80 Å². The van der Waals surface area contributed by atoms with Crippen molar-refractivity contribution in [2.45, 2.75) is 13.8 Å². The Morgan fingerprint density at radius 3 is 1.05 bits per heavy atom. The summed E-state index contributed by atoms with van der Waals surface area (Å²) < 4.78 is 0. The van der Waals surface area contributed by atoms with Gasteiger partial charge in [-0.05, 0) is 109 Å². The van der Waals surface area contributed by atoms with E-state index in [-0.39, 0.29) is 0 Å². The largest absolute Gasteiger partial charge is 0.310 e. The number of rotatable bonds is 9. The molecule has 6 aromatic carbocycles. The molecule has 0 aliphatic heterocycles. The number of anilines is 6. The summed E-state index contributed by atoms with van der Waals surface area (Å²) in [7, 11) is 0. The lowest BCUT2D eigenvalue weighted by molar-refractivity contribution is 1.27. The van der Waals surface area contributed by atoms with E-state index in [1.54, 1.807) is 0 Å². The number of para-hydroxylation sites is 2. The molecule has 0 radical (unpaired) electrons. The Balaban J connectivity index is 1.17. The van der Waals surface area contributed by atoms with Crippen LogP contribution in [-0.2, 0) is 0 Å². The smallest absolute Gasteiger partial charge is 0.0464 e. The summed E-state index contributed by atoms with van der Waals surface area (Å²) in [5.74, 6) is 0. The van der Waals surface area contributed by atoms with E-state index < -0.39 is 0 Å². The molecular weight excluding hydrogens is 532 g/mol. The van der Waals surface area contributed by atoms with Crippen molar-refractivity contribution in [3.8, 4) is 0 Å². The second kappa shape index (κ2) is 13.6. The lowest BCUT2D eigenvalue weighted by Crippen LogP contribution is -2.09. The molecule has 0 spiro atoms. The molecule has 2 nitrogen and oxygen atoms in total. The molecule has 6 rings (SSSR count). The second-order valence-corrected chi connectivity index (χ2v) is 10.9. The molecule has 0 aliphatic carbocycles. The van der Waals surface area contributed by atoms with Crippen LogP contribution in [0, 0.1) is 13.8 Å². The van der Waals surface area contributed by atoms with E-state index in [0.717, 1.165) is 45.3 Å². The molecule has 0 saturated carbocycles. The summed E-state index contributed by atoms with van der Waals surface area (Å²) in [4.78, 5) is 4.59. The predicted octanol–water partition coefficient (Wildman–Crippen LogP) is 12.0. The summed E-state index contributed by atoms with van der Waals surface area (Å²) in [6.45, 7) is 4.26. The fourth-order valence-corrected chi connectivity index (χ4v) is 5.39. The van der Waals surface area contributed by atoms with Gasteiger partial charge in [0.05, 0.1) is 0 Å². The first-order valence-corrected chi connectivity index (χ1v) is 15.0. The van der Waals surface area contributed by atoms with Crippen LogP contribution in [0.5, 0.6) is 0 Å². The van der Waals surface area contributed by atoms with Crippen LogP contribution in [0.3, 0.4) is 0 Å². The van der Waals surface area contributed by atoms with Crippen LogP contribution in [0.25, 0.3) is 12.2 Å². The number of hydrogen-bond donors (Lipinski definition) is 0. The molecule has 6 aromatic rings. The lowest BCUT2D eigenvalue weighted by Gasteiger charge is -2.25. The highest BCUT2D eigenvalue weighted by atomic mass is 15.1. The molecule has 214 valence electrons. The molecule has 0 aromatic heterocycles. The van der Waals surface area contributed by atoms with E-state index in [1.807, 2.05) is 0 Å². The monoisotopic (exact) mass is 568 g/mol. The molecule has 0 amide bonds. The molecule has 2 heteroatoms. The summed E-state index contributed by atoms with van der Waals surface area (Å²) in [5.41, 5.74) is 11.6. The van der Waals surface area contributed by atoms with Crippen molar-refractivity contribution in [1.82, 2.24) is 0 Å². The zero-order valence-corrected chi connectivity index (χ0v) is 25.2. The predicted molar refractivity (Wildman–Crippen MR) is 190 cm³/mol. The third kappa shape index (κ3) is 6.88. The van der Waals surface area contributed by atoms with Gasteiger partial charge in [0.2, 0.25) is 0 Å². The van der Waals surface area contributed by atoms with Crippen LogP contribution >= 0.6 is 0 Å². The van der Waals surface area contributed by atoms with Crippen LogP contribution in [-0.4, -0.2) is 0 Å². The van der Waals surface area contributed by atoms with Gasteiger partial charge in [-0.2, -0.15) is 0 Å². The van der Waals surface area contributed by atoms with E-state index in [4.69, 9.17) is 0 Å². The fraction of sp³-hybridized carbons (Fsp3) is 0.0476. The Hall–Kier alpha value is -5.60. The Kier molecular flexibility index (Phi) is 8.80. The Bertz CT molecular complexity index is 1710. The molecular formula is C42H36N2. The van der Waals surface area contributed by atoms with Gasteiger partial charge in [-0.25, -0.2) is 0 Å². The lowest BCUT2D eigenvalue weighted by atomic mass is 10.1. The number of nitrogens with zero attached hydrogens (tertiary/aromatic N) is 2. The molecule has 0 saturated heterocycles. The highest BCUT2D eigenvalue weighted by molar-refractivity contribution is 5.78. The third-order valence-corrected chi connectivity index (χ3v) is 7.54. The van der Waals surface area contributed by atoms with Crippen LogP contribution in [0.2, 0.25) is 0 Å². The summed E-state index contributed by atoms with van der Waals surface area (Å²) in [5, 5.41) is 0. The van der Waals surface area contributed by atoms with E-state index in [2.05, 4.69) is 206 Å². The molecule has 0 aliphatic rings. The van der Waals surface area contributed by atoms with Gasteiger partial charge in [-0.1, -0.05) is 109 Å². The third-order valence-electron chi connectivity index (χ3n) is 7.54. The van der Waals surface area contributed by atoms with Crippen molar-refractivity contribution >= 4 is 46.3 Å². The van der Waals surface area contributed by atoms with Gasteiger partial charge in [0.25, 0.3) is 0 Å². The van der Waals surface area contributed by atoms with E-state index in [0.29, 0.717) is 0 Å². The summed E-state index contributed by atoms with van der Waals surface area (Å²) in [6, 6.07) is 55.7. The minimum absolute atomic E-state index is 1.13. The van der Waals surface area contributed by atoms with Gasteiger partial charge in [0.15, 0.2) is 0 Å². The number of hydrogen-bond acceptors (Lipinski definition) is 2. The van der Waals surface area contributed by atoms with Gasteiger partial charge < -0.3 is 9.80 Å². The van der Waals surface area contributed by atoms with Crippen LogP contribution in [0.4, 0.5) is 34.1 Å². The average Bonchev–Trinajstić information content (AvgIpc) is 3.06. The van der Waals surface area contributed by atoms with E-state index in [9.17, 15) is 0 Å². The van der Waals surface area contributed by atoms with Gasteiger partial charge >= 0.3 is 0 Å². The van der Waals surface area contributed by atoms with Crippen LogP contribution in [0.15, 0.2) is 170 Å². The minimum atomic E-state index is 1.13. The quantitative estimate of drug-likeness (QED) is 0.160. The maximum atomic E-state index is 2.29. The fourth-order valence-electron chi connectivity index (χ4n) is 5.39. The highest BCUT2D eigenvalue weighted by Crippen LogP contribution is 2.36. The topological polar surface area (TPSA) is 6.48 Å². The molecule has 0 fully saturated rings. The number of allylic oxidation sites excluding steroid dienone is 2. The van der Waals surface area contributed by atoms with E-state index in [1.165, 1.54) is 11.1 Å². The van der Waals surface area contributed by atoms with Crippen LogP contribution < -0.4 is 9.80 Å². The molecule has 0 unspecified atom stereocenters. The van der Waals surface area contributed by atoms with Crippen molar-refractivity contribution < 1.29 is 0 Å². The maximum Gasteiger partial charge on any atom is 0.0464 e. The normalized spacial score (nSPS) is 11.2. The van der Waals surface area contributed by atoms with Crippen LogP contribution in [0.1, 0.15) is 22.3 Å². The van der Waals surface area contributed by atoms with Crippen molar-refractivity contribution in [2.24, 2.45) is 0 Å². The highest BCUT2D eigenvalue weighted by Gasteiger charge is 2.13. The van der Waals surface area contributed by atoms with E-state index >= 15 is 0 Å². The first kappa shape index (κ1) is 28.5. The Morgan fingerprint density at radius 1 is 0.341 bits per heavy atom. The van der Waals surface area contributed by atoms with Gasteiger partial charge in [0, 0.05) is 34.1 Å². The zero-order valence-electron chi connectivity index (χ0n) is 25.2. The number of benzene rings is 6. The molecule has 0 N–H and O–H groups in total. The zero-order chi connectivity index (χ0) is 30.1. The van der Waals surface area contributed by atoms with Crippen molar-refractivity contribution in [3.05, 3.63) is 192 Å². The van der Waals surface area contributed by atoms with Crippen molar-refractivity contribution in [3.63, 3.8) is 0 Å². The SMILES string of the molecule is Cc1cccc(N(c2ccccc2)c2ccc(C=CC=Cc3ccc(N(c4ccccc4)c4cccc(C)c4)cc3)cc2)c1. The van der Waals surface area contributed by atoms with Gasteiger partial charge in [-0.15, -0.1) is 0 Å². The standard InChI is InChI=1S/C42H36N2/c1-33-13-11-21-41(31-33)43(37-17-5-3-6-18-37)39-27-23-35(24-28-39)15-9-10-16-36-25-29-40(30-26-36)44(38-19-7-4-8-20-38)42-22-12-14-34(2)32-42/h3-32H,1-2H3. The van der Waals surface area contributed by atoms with Crippen molar-refractivity contribution in [1.29, 1.82) is 0 Å². The first-order valence-electron chi connectivity index (χ1n) is 15.0. The summed E-state index contributed by atoms with van der Waals surface area (Å²) >= 11 is 0. The Morgan fingerprint density at radius 2 is 0.682 bits per heavy atom. The molecule has 0 atom stereocenters. The average molecular weight is 569 g/mol. The van der Waals surface area contributed by atoms with Gasteiger partial charge in [0.1, 0.15) is 0 Å². The second-order valence-electron chi connectivity index (χ2n) is 10.9. The first-order chi connectivity index (χ1) is 21.6. The molecule has 0 bridgehead atoms. The molecule has 44 heavy (non-hydrogen) atoms. The van der Waals surface area contributed by atoms with Gasteiger partial charge in [-0.3, -0.25) is 0 Å². The minimum Gasteiger partial charge on any atom is -0.310 e.